The van der Waals surface area contributed by atoms with Gasteiger partial charge in [-0.25, -0.2) is 12.8 Å². The Kier molecular flexibility index (Phi) is 3.26. The van der Waals surface area contributed by atoms with Gasteiger partial charge in [-0.05, 0) is 24.3 Å². The molecule has 108 valence electrons. The van der Waals surface area contributed by atoms with Crippen molar-refractivity contribution in [3.8, 4) is 0 Å². The standard InChI is InChI=1S/C13H8FN2O3S2/c14-9-3-1-2-4-10(9)16-21(18,19)8-5-6-11-12(7-8)20-13(17)15-11/h1-7H,(H,15,17)/q-1. The minimum absolute atomic E-state index is 0.0893. The summed E-state index contributed by atoms with van der Waals surface area (Å²) in [6.07, 6.45) is 0. The fourth-order valence-corrected chi connectivity index (χ4v) is 3.66. The molecule has 1 aromatic heterocycles. The Balaban J connectivity index is 2.03. The molecule has 0 saturated heterocycles. The topological polar surface area (TPSA) is 81.1 Å². The van der Waals surface area contributed by atoms with Gasteiger partial charge in [-0.15, -0.1) is 0 Å². The quantitative estimate of drug-likeness (QED) is 0.804. The number of aromatic amines is 1. The second-order valence-electron chi connectivity index (χ2n) is 4.19. The van der Waals surface area contributed by atoms with Crippen LogP contribution in [0.3, 0.4) is 0 Å². The molecule has 0 aliphatic rings. The summed E-state index contributed by atoms with van der Waals surface area (Å²) in [5.41, 5.74) is 0.301. The zero-order valence-electron chi connectivity index (χ0n) is 10.4. The highest BCUT2D eigenvalue weighted by Gasteiger charge is 2.09. The van der Waals surface area contributed by atoms with Crippen molar-refractivity contribution < 1.29 is 12.8 Å². The van der Waals surface area contributed by atoms with E-state index in [4.69, 9.17) is 0 Å². The number of fused-ring (bicyclic) bond motifs is 1. The van der Waals surface area contributed by atoms with Gasteiger partial charge in [-0.1, -0.05) is 35.2 Å². The average Bonchev–Trinajstić information content (AvgIpc) is 2.80. The van der Waals surface area contributed by atoms with E-state index < -0.39 is 15.8 Å². The number of nitrogens with one attached hydrogen (secondary N) is 1. The highest BCUT2D eigenvalue weighted by atomic mass is 32.2. The Bertz CT molecular complexity index is 976. The van der Waals surface area contributed by atoms with Crippen LogP contribution in [-0.4, -0.2) is 13.4 Å². The van der Waals surface area contributed by atoms with Gasteiger partial charge in [-0.3, -0.25) is 4.79 Å². The second-order valence-corrected chi connectivity index (χ2v) is 6.81. The lowest BCUT2D eigenvalue weighted by molar-refractivity contribution is 0.601. The molecular weight excluding hydrogens is 315 g/mol. The van der Waals surface area contributed by atoms with Gasteiger partial charge in [0, 0.05) is 0 Å². The van der Waals surface area contributed by atoms with Gasteiger partial charge < -0.3 is 9.71 Å². The maximum atomic E-state index is 13.5. The minimum atomic E-state index is -4.04. The van der Waals surface area contributed by atoms with Crippen molar-refractivity contribution in [2.45, 2.75) is 4.90 Å². The Morgan fingerprint density at radius 2 is 1.90 bits per heavy atom. The first-order valence-corrected chi connectivity index (χ1v) is 8.07. The Labute approximate surface area is 123 Å². The first kappa shape index (κ1) is 13.8. The van der Waals surface area contributed by atoms with Crippen LogP contribution in [0.4, 0.5) is 10.1 Å². The van der Waals surface area contributed by atoms with Crippen molar-refractivity contribution in [2.75, 3.05) is 0 Å². The maximum Gasteiger partial charge on any atom is 0.305 e. The SMILES string of the molecule is O=c1[nH]c2ccc(S(=O)(=O)[N-]c3ccccc3F)cc2s1. The van der Waals surface area contributed by atoms with E-state index in [1.165, 1.54) is 36.4 Å². The Hall–Kier alpha value is -2.19. The summed E-state index contributed by atoms with van der Waals surface area (Å²) < 4.78 is 41.9. The number of sulfonamides is 1. The number of rotatable bonds is 3. The van der Waals surface area contributed by atoms with E-state index in [0.717, 1.165) is 17.4 Å². The van der Waals surface area contributed by atoms with Crippen molar-refractivity contribution in [3.63, 3.8) is 0 Å². The van der Waals surface area contributed by atoms with E-state index in [1.54, 1.807) is 0 Å². The van der Waals surface area contributed by atoms with Crippen molar-refractivity contribution in [1.29, 1.82) is 0 Å². The number of aromatic nitrogens is 1. The van der Waals surface area contributed by atoms with Crippen LogP contribution in [0.25, 0.3) is 14.9 Å². The fraction of sp³-hybridized carbons (Fsp3) is 0. The maximum absolute atomic E-state index is 13.5. The molecule has 0 aliphatic carbocycles. The molecule has 1 heterocycles. The highest BCUT2D eigenvalue weighted by Crippen LogP contribution is 2.31. The number of hydrogen-bond donors (Lipinski definition) is 1. The van der Waals surface area contributed by atoms with Gasteiger partial charge >= 0.3 is 4.87 Å². The molecule has 1 N–H and O–H groups in total. The predicted molar refractivity (Wildman–Crippen MR) is 79.1 cm³/mol. The average molecular weight is 323 g/mol. The van der Waals surface area contributed by atoms with Gasteiger partial charge in [-0.2, -0.15) is 0 Å². The number of thiazole rings is 1. The van der Waals surface area contributed by atoms with Gasteiger partial charge in [0.1, 0.15) is 15.8 Å². The molecule has 3 aromatic rings. The molecule has 8 heteroatoms. The summed E-state index contributed by atoms with van der Waals surface area (Å²) in [6, 6.07) is 9.51. The zero-order chi connectivity index (χ0) is 15.0. The third-order valence-electron chi connectivity index (χ3n) is 2.76. The van der Waals surface area contributed by atoms with Crippen molar-refractivity contribution >= 4 is 37.3 Å². The third kappa shape index (κ3) is 2.67. The second kappa shape index (κ2) is 4.97. The van der Waals surface area contributed by atoms with Gasteiger partial charge in [0.05, 0.1) is 15.1 Å². The van der Waals surface area contributed by atoms with E-state index in [-0.39, 0.29) is 15.5 Å². The van der Waals surface area contributed by atoms with Crippen LogP contribution in [0.1, 0.15) is 0 Å². The molecule has 0 fully saturated rings. The molecule has 2 aromatic carbocycles. The van der Waals surface area contributed by atoms with Crippen LogP contribution in [0.15, 0.2) is 52.2 Å². The highest BCUT2D eigenvalue weighted by molar-refractivity contribution is 7.94. The lowest BCUT2D eigenvalue weighted by Crippen LogP contribution is -1.98. The van der Waals surface area contributed by atoms with Crippen molar-refractivity contribution in [2.24, 2.45) is 0 Å². The first-order valence-electron chi connectivity index (χ1n) is 5.81. The van der Waals surface area contributed by atoms with Crippen LogP contribution < -0.4 is 4.87 Å². The fourth-order valence-electron chi connectivity index (χ4n) is 1.79. The van der Waals surface area contributed by atoms with E-state index in [1.807, 2.05) is 0 Å². The van der Waals surface area contributed by atoms with Gasteiger partial charge in [0.25, 0.3) is 0 Å². The van der Waals surface area contributed by atoms with Crippen LogP contribution in [0.2, 0.25) is 0 Å². The summed E-state index contributed by atoms with van der Waals surface area (Å²) in [7, 11) is -4.04. The monoisotopic (exact) mass is 323 g/mol. The molecule has 0 bridgehead atoms. The molecule has 0 spiro atoms. The third-order valence-corrected chi connectivity index (χ3v) is 4.89. The zero-order valence-corrected chi connectivity index (χ0v) is 12.0. The van der Waals surface area contributed by atoms with Crippen LogP contribution >= 0.6 is 11.3 Å². The molecule has 0 saturated carbocycles. The van der Waals surface area contributed by atoms with E-state index in [9.17, 15) is 17.6 Å². The number of nitrogens with zero attached hydrogens (tertiary/aromatic N) is 1. The van der Waals surface area contributed by atoms with Crippen molar-refractivity contribution in [3.05, 3.63) is 62.7 Å². The largest absolute Gasteiger partial charge is 0.570 e. The smallest absolute Gasteiger partial charge is 0.305 e. The summed E-state index contributed by atoms with van der Waals surface area (Å²) in [4.78, 5) is 13.4. The molecule has 0 radical (unpaired) electrons. The molecule has 0 atom stereocenters. The Morgan fingerprint density at radius 1 is 1.14 bits per heavy atom. The number of H-pyrrole nitrogens is 1. The lowest BCUT2D eigenvalue weighted by atomic mass is 10.3. The lowest BCUT2D eigenvalue weighted by Gasteiger charge is -2.22. The minimum Gasteiger partial charge on any atom is -0.570 e. The summed E-state index contributed by atoms with van der Waals surface area (Å²) in [6.45, 7) is 0. The first-order chi connectivity index (χ1) is 9.95. The van der Waals surface area contributed by atoms with E-state index in [2.05, 4.69) is 9.71 Å². The molecular formula is C13H8FN2O3S2-. The summed E-state index contributed by atoms with van der Waals surface area (Å²) in [5, 5.41) is 0. The molecule has 0 aliphatic heterocycles. The normalized spacial score (nSPS) is 11.7. The van der Waals surface area contributed by atoms with E-state index >= 15 is 0 Å². The van der Waals surface area contributed by atoms with Crippen LogP contribution in [0, 0.1) is 5.82 Å². The molecule has 21 heavy (non-hydrogen) atoms. The number of halogens is 1. The number of hydrogen-bond acceptors (Lipinski definition) is 4. The summed E-state index contributed by atoms with van der Waals surface area (Å²) in [5.74, 6) is -0.714. The molecule has 5 nitrogen and oxygen atoms in total. The molecule has 3 rings (SSSR count). The van der Waals surface area contributed by atoms with Gasteiger partial charge in [0.2, 0.25) is 0 Å². The van der Waals surface area contributed by atoms with E-state index in [0.29, 0.717) is 10.2 Å². The predicted octanol–water partition coefficient (Wildman–Crippen LogP) is 3.12. The van der Waals surface area contributed by atoms with Crippen LogP contribution in [0.5, 0.6) is 0 Å². The molecule has 0 unspecified atom stereocenters. The Morgan fingerprint density at radius 3 is 2.67 bits per heavy atom. The van der Waals surface area contributed by atoms with Gasteiger partial charge in [0.15, 0.2) is 0 Å². The van der Waals surface area contributed by atoms with Crippen molar-refractivity contribution in [1.82, 2.24) is 4.98 Å². The molecule has 0 amide bonds. The van der Waals surface area contributed by atoms with Crippen LogP contribution in [-0.2, 0) is 10.0 Å². The summed E-state index contributed by atoms with van der Waals surface area (Å²) >= 11 is 0.901. The number of benzene rings is 2.